The summed E-state index contributed by atoms with van der Waals surface area (Å²) in [6, 6.07) is 10.8. The quantitative estimate of drug-likeness (QED) is 0.560. The molecule has 0 unspecified atom stereocenters. The molecule has 0 spiro atoms. The Bertz CT molecular complexity index is 1200. The number of carbonyl (C=O) groups excluding carboxylic acids is 1. The molecular formula is C23H23ClN2O3S. The van der Waals surface area contributed by atoms with Gasteiger partial charge in [-0.25, -0.2) is 13.1 Å². The number of hydrogen-bond donors (Lipinski definition) is 1. The molecule has 0 aromatic heterocycles. The summed E-state index contributed by atoms with van der Waals surface area (Å²) < 4.78 is 26.4. The predicted octanol–water partition coefficient (Wildman–Crippen LogP) is 4.08. The lowest BCUT2D eigenvalue weighted by Gasteiger charge is -2.15. The van der Waals surface area contributed by atoms with E-state index in [9.17, 15) is 13.2 Å². The van der Waals surface area contributed by atoms with Gasteiger partial charge in [-0.3, -0.25) is 9.79 Å². The van der Waals surface area contributed by atoms with Gasteiger partial charge in [0.2, 0.25) is 10.0 Å². The van der Waals surface area contributed by atoms with Crippen LogP contribution in [0.1, 0.15) is 34.7 Å². The van der Waals surface area contributed by atoms with Gasteiger partial charge in [0.15, 0.2) is 0 Å². The van der Waals surface area contributed by atoms with Gasteiger partial charge < -0.3 is 0 Å². The predicted molar refractivity (Wildman–Crippen MR) is 123 cm³/mol. The minimum atomic E-state index is -3.44. The maximum atomic E-state index is 12.0. The van der Waals surface area contributed by atoms with Gasteiger partial charge in [-0.1, -0.05) is 42.4 Å². The van der Waals surface area contributed by atoms with Crippen LogP contribution in [0.5, 0.6) is 0 Å². The smallest absolute Gasteiger partial charge is 0.215 e. The molecule has 0 amide bonds. The van der Waals surface area contributed by atoms with Crippen molar-refractivity contribution in [3.63, 3.8) is 0 Å². The van der Waals surface area contributed by atoms with Crippen LogP contribution in [0.4, 0.5) is 0 Å². The second-order valence-electron chi connectivity index (χ2n) is 7.22. The lowest BCUT2D eigenvalue weighted by Crippen LogP contribution is -2.20. The third-order valence-electron chi connectivity index (χ3n) is 5.08. The highest BCUT2D eigenvalue weighted by Crippen LogP contribution is 2.35. The standard InChI is InChI=1S/C23H23ClN2O3S/c1-14-5-7-20(22(24)11-14)23-19-8-6-17(13-30(28,29)25-4)12-21(19)15(2)18(9-10-27)16(3)26-23/h5-12,16,25H,2,13H2,1,3-4H3/b18-9+/t16-/m0/s1. The van der Waals surface area contributed by atoms with Crippen molar-refractivity contribution < 1.29 is 13.2 Å². The van der Waals surface area contributed by atoms with E-state index in [4.69, 9.17) is 16.6 Å². The number of carbonyl (C=O) groups is 1. The van der Waals surface area contributed by atoms with Gasteiger partial charge in [0.1, 0.15) is 6.29 Å². The molecule has 5 nitrogen and oxygen atoms in total. The normalized spacial score (nSPS) is 18.0. The first-order valence-electron chi connectivity index (χ1n) is 9.40. The fourth-order valence-electron chi connectivity index (χ4n) is 3.51. The van der Waals surface area contributed by atoms with Gasteiger partial charge in [-0.05, 0) is 66.9 Å². The number of aliphatic imine (C=N–C) groups is 1. The third-order valence-corrected chi connectivity index (χ3v) is 6.73. The monoisotopic (exact) mass is 442 g/mol. The molecule has 2 aromatic carbocycles. The average molecular weight is 443 g/mol. The summed E-state index contributed by atoms with van der Waals surface area (Å²) >= 11 is 6.54. The maximum Gasteiger partial charge on any atom is 0.215 e. The van der Waals surface area contributed by atoms with Gasteiger partial charge in [-0.2, -0.15) is 0 Å². The Morgan fingerprint density at radius 2 is 1.87 bits per heavy atom. The van der Waals surface area contributed by atoms with Gasteiger partial charge in [-0.15, -0.1) is 0 Å². The van der Waals surface area contributed by atoms with Gasteiger partial charge in [0.25, 0.3) is 0 Å². The van der Waals surface area contributed by atoms with Gasteiger partial charge >= 0.3 is 0 Å². The van der Waals surface area contributed by atoms with Gasteiger partial charge in [0, 0.05) is 11.1 Å². The molecule has 1 aliphatic heterocycles. The van der Waals surface area contributed by atoms with Crippen LogP contribution in [-0.4, -0.2) is 33.5 Å². The minimum absolute atomic E-state index is 0.163. The maximum absolute atomic E-state index is 12.0. The van der Waals surface area contributed by atoms with Crippen LogP contribution in [-0.2, 0) is 20.6 Å². The molecular weight excluding hydrogens is 420 g/mol. The van der Waals surface area contributed by atoms with Crippen molar-refractivity contribution in [3.05, 3.63) is 87.5 Å². The summed E-state index contributed by atoms with van der Waals surface area (Å²) in [5.41, 5.74) is 5.92. The zero-order valence-electron chi connectivity index (χ0n) is 17.1. The molecule has 0 bridgehead atoms. The highest BCUT2D eigenvalue weighted by molar-refractivity contribution is 7.88. The number of halogens is 1. The first kappa shape index (κ1) is 22.2. The Balaban J connectivity index is 2.26. The Morgan fingerprint density at radius 3 is 2.50 bits per heavy atom. The van der Waals surface area contributed by atoms with Crippen molar-refractivity contribution in [1.82, 2.24) is 4.72 Å². The molecule has 0 saturated carbocycles. The van der Waals surface area contributed by atoms with Crippen LogP contribution < -0.4 is 4.72 Å². The number of fused-ring (bicyclic) bond motifs is 1. The summed E-state index contributed by atoms with van der Waals surface area (Å²) in [6.45, 7) is 8.04. The molecule has 0 radical (unpaired) electrons. The second-order valence-corrected chi connectivity index (χ2v) is 9.55. The zero-order valence-corrected chi connectivity index (χ0v) is 18.6. The van der Waals surface area contributed by atoms with Crippen molar-refractivity contribution in [2.45, 2.75) is 25.6 Å². The third kappa shape index (κ3) is 4.46. The van der Waals surface area contributed by atoms with Crippen LogP contribution in [0, 0.1) is 6.92 Å². The van der Waals surface area contributed by atoms with E-state index in [-0.39, 0.29) is 11.8 Å². The van der Waals surface area contributed by atoms with E-state index in [0.29, 0.717) is 33.7 Å². The highest BCUT2D eigenvalue weighted by atomic mass is 35.5. The van der Waals surface area contributed by atoms with E-state index in [1.54, 1.807) is 12.1 Å². The van der Waals surface area contributed by atoms with Crippen molar-refractivity contribution in [2.75, 3.05) is 7.05 Å². The highest BCUT2D eigenvalue weighted by Gasteiger charge is 2.25. The molecule has 1 heterocycles. The molecule has 0 fully saturated rings. The molecule has 0 saturated heterocycles. The Morgan fingerprint density at radius 1 is 1.17 bits per heavy atom. The van der Waals surface area contributed by atoms with Crippen molar-refractivity contribution in [1.29, 1.82) is 0 Å². The molecule has 156 valence electrons. The molecule has 1 aliphatic rings. The number of allylic oxidation sites excluding steroid dienone is 1. The summed E-state index contributed by atoms with van der Waals surface area (Å²) in [5.74, 6) is -0.163. The Kier molecular flexibility index (Phi) is 6.41. The van der Waals surface area contributed by atoms with Crippen LogP contribution >= 0.6 is 11.6 Å². The molecule has 7 heteroatoms. The van der Waals surface area contributed by atoms with Crippen LogP contribution in [0.25, 0.3) is 5.57 Å². The molecule has 30 heavy (non-hydrogen) atoms. The molecule has 1 N–H and O–H groups in total. The van der Waals surface area contributed by atoms with Crippen molar-refractivity contribution in [3.8, 4) is 0 Å². The van der Waals surface area contributed by atoms with Crippen molar-refractivity contribution >= 4 is 39.2 Å². The van der Waals surface area contributed by atoms with E-state index < -0.39 is 10.0 Å². The fraction of sp³-hybridized carbons (Fsp3) is 0.217. The number of hydrogen-bond acceptors (Lipinski definition) is 4. The molecule has 1 atom stereocenters. The van der Waals surface area contributed by atoms with Crippen LogP contribution in [0.15, 0.2) is 59.6 Å². The SMILES string of the molecule is C=C1/C(=C\C=O)[C@H](C)N=C(c2ccc(C)cc2Cl)c2ccc(CS(=O)(=O)NC)cc21. The van der Waals surface area contributed by atoms with Crippen molar-refractivity contribution in [2.24, 2.45) is 4.99 Å². The lowest BCUT2D eigenvalue weighted by molar-refractivity contribution is -0.104. The summed E-state index contributed by atoms with van der Waals surface area (Å²) in [4.78, 5) is 16.1. The van der Waals surface area contributed by atoms with Gasteiger partial charge in [0.05, 0.1) is 22.5 Å². The second kappa shape index (κ2) is 8.68. The van der Waals surface area contributed by atoms with E-state index in [2.05, 4.69) is 11.3 Å². The Hall–Kier alpha value is -2.54. The number of rotatable bonds is 5. The number of aryl methyl sites for hydroxylation is 1. The number of benzene rings is 2. The molecule has 0 aliphatic carbocycles. The number of sulfonamides is 1. The average Bonchev–Trinajstić information content (AvgIpc) is 2.78. The van der Waals surface area contributed by atoms with E-state index in [0.717, 1.165) is 22.3 Å². The molecule has 2 aromatic rings. The number of aldehydes is 1. The lowest BCUT2D eigenvalue weighted by atomic mass is 9.89. The van der Waals surface area contributed by atoms with E-state index in [1.807, 2.05) is 38.1 Å². The minimum Gasteiger partial charge on any atom is -0.299 e. The topological polar surface area (TPSA) is 75.6 Å². The fourth-order valence-corrected chi connectivity index (χ4v) is 4.60. The summed E-state index contributed by atoms with van der Waals surface area (Å²) in [5, 5.41) is 0.571. The molecule has 3 rings (SSSR count). The van der Waals surface area contributed by atoms with Crippen LogP contribution in [0.3, 0.4) is 0 Å². The first-order valence-corrected chi connectivity index (χ1v) is 11.4. The summed E-state index contributed by atoms with van der Waals surface area (Å²) in [6.07, 6.45) is 2.17. The van der Waals surface area contributed by atoms with Crippen LogP contribution in [0.2, 0.25) is 5.02 Å². The number of nitrogens with zero attached hydrogens (tertiary/aromatic N) is 1. The summed E-state index contributed by atoms with van der Waals surface area (Å²) in [7, 11) is -2.06. The zero-order chi connectivity index (χ0) is 22.1. The first-order chi connectivity index (χ1) is 14.2. The van der Waals surface area contributed by atoms with E-state index in [1.165, 1.54) is 13.1 Å². The Labute approximate surface area is 182 Å². The largest absolute Gasteiger partial charge is 0.299 e. The van der Waals surface area contributed by atoms with E-state index >= 15 is 0 Å². The number of nitrogens with one attached hydrogen (secondary N) is 1.